The number of nitriles is 1. The van der Waals surface area contributed by atoms with Gasteiger partial charge in [0.05, 0.1) is 11.6 Å². The van der Waals surface area contributed by atoms with Crippen molar-refractivity contribution >= 4 is 0 Å². The first-order chi connectivity index (χ1) is 6.42. The zero-order chi connectivity index (χ0) is 8.58. The Balaban J connectivity index is 2.05. The average Bonchev–Trinajstić information content (AvgIpc) is 2.63. The topological polar surface area (TPSA) is 23.8 Å². The van der Waals surface area contributed by atoms with E-state index in [-0.39, 0.29) is 0 Å². The quantitative estimate of drug-likeness (QED) is 0.582. The highest BCUT2D eigenvalue weighted by Gasteiger charge is 2.69. The molecule has 2 saturated carbocycles. The van der Waals surface area contributed by atoms with E-state index in [4.69, 9.17) is 5.26 Å². The molecule has 0 N–H and O–H groups in total. The van der Waals surface area contributed by atoms with E-state index in [0.29, 0.717) is 0 Å². The van der Waals surface area contributed by atoms with Crippen molar-refractivity contribution in [2.75, 3.05) is 0 Å². The van der Waals surface area contributed by atoms with Crippen LogP contribution in [0.2, 0.25) is 0 Å². The van der Waals surface area contributed by atoms with Crippen LogP contribution in [-0.2, 0) is 0 Å². The van der Waals surface area contributed by atoms with Crippen LogP contribution in [0.4, 0.5) is 0 Å². The minimum Gasteiger partial charge on any atom is -0.192 e. The van der Waals surface area contributed by atoms with E-state index in [0.717, 1.165) is 29.2 Å². The SMILES string of the molecule is N#Cc1cccc2c1C1CC3C2C13. The van der Waals surface area contributed by atoms with Crippen LogP contribution < -0.4 is 0 Å². The zero-order valence-corrected chi connectivity index (χ0v) is 7.20. The van der Waals surface area contributed by atoms with Crippen LogP contribution in [0, 0.1) is 23.2 Å². The molecule has 0 spiro atoms. The van der Waals surface area contributed by atoms with Gasteiger partial charge in [-0.05, 0) is 47.3 Å². The molecule has 0 heterocycles. The average molecular weight is 167 g/mol. The molecule has 1 heteroatoms. The van der Waals surface area contributed by atoms with E-state index in [9.17, 15) is 0 Å². The van der Waals surface area contributed by atoms with Crippen molar-refractivity contribution in [2.24, 2.45) is 11.8 Å². The lowest BCUT2D eigenvalue weighted by Crippen LogP contribution is -2.15. The minimum atomic E-state index is 0.765. The number of fused-ring (bicyclic) bond motifs is 4. The molecule has 4 rings (SSSR count). The Morgan fingerprint density at radius 3 is 3.15 bits per heavy atom. The molecule has 0 saturated heterocycles. The molecule has 0 amide bonds. The fourth-order valence-corrected chi connectivity index (χ4v) is 3.64. The molecule has 62 valence electrons. The molecule has 4 atom stereocenters. The Morgan fingerprint density at radius 2 is 2.31 bits per heavy atom. The van der Waals surface area contributed by atoms with Crippen molar-refractivity contribution in [1.82, 2.24) is 0 Å². The predicted molar refractivity (Wildman–Crippen MR) is 48.2 cm³/mol. The van der Waals surface area contributed by atoms with Gasteiger partial charge >= 0.3 is 0 Å². The first kappa shape index (κ1) is 6.21. The summed E-state index contributed by atoms with van der Waals surface area (Å²) >= 11 is 0. The Kier molecular flexibility index (Phi) is 0.790. The summed E-state index contributed by atoms with van der Waals surface area (Å²) in [5.74, 6) is 3.57. The summed E-state index contributed by atoms with van der Waals surface area (Å²) in [5.41, 5.74) is 3.85. The highest BCUT2D eigenvalue weighted by molar-refractivity contribution is 5.58. The number of rotatable bonds is 0. The van der Waals surface area contributed by atoms with Crippen LogP contribution in [0.1, 0.15) is 34.9 Å². The van der Waals surface area contributed by atoms with Crippen LogP contribution in [0.15, 0.2) is 18.2 Å². The molecule has 3 aliphatic carbocycles. The number of hydrogen-bond acceptors (Lipinski definition) is 1. The molecular formula is C12H9N. The Bertz CT molecular complexity index is 455. The molecule has 3 aliphatic rings. The summed E-state index contributed by atoms with van der Waals surface area (Å²) in [7, 11) is 0. The second-order valence-electron chi connectivity index (χ2n) is 4.53. The summed E-state index contributed by atoms with van der Waals surface area (Å²) in [5, 5.41) is 8.99. The van der Waals surface area contributed by atoms with Crippen molar-refractivity contribution in [3.63, 3.8) is 0 Å². The van der Waals surface area contributed by atoms with Crippen molar-refractivity contribution in [1.29, 1.82) is 5.26 Å². The molecule has 1 aromatic rings. The summed E-state index contributed by atoms with van der Waals surface area (Å²) < 4.78 is 0. The molecular weight excluding hydrogens is 158 g/mol. The van der Waals surface area contributed by atoms with Crippen molar-refractivity contribution < 1.29 is 0 Å². The van der Waals surface area contributed by atoms with Crippen LogP contribution in [-0.4, -0.2) is 0 Å². The lowest BCUT2D eigenvalue weighted by Gasteiger charge is -2.27. The van der Waals surface area contributed by atoms with Crippen LogP contribution in [0.5, 0.6) is 0 Å². The highest BCUT2D eigenvalue weighted by Crippen LogP contribution is 2.78. The Labute approximate surface area is 77.0 Å². The van der Waals surface area contributed by atoms with Gasteiger partial charge in [-0.25, -0.2) is 0 Å². The van der Waals surface area contributed by atoms with Crippen molar-refractivity contribution in [2.45, 2.75) is 18.3 Å². The lowest BCUT2D eigenvalue weighted by atomic mass is 9.77. The third kappa shape index (κ3) is 0.490. The smallest absolute Gasteiger partial charge is 0.0994 e. The van der Waals surface area contributed by atoms with Crippen molar-refractivity contribution in [3.8, 4) is 6.07 Å². The van der Waals surface area contributed by atoms with E-state index in [1.807, 2.05) is 12.1 Å². The number of hydrogen-bond donors (Lipinski definition) is 0. The van der Waals surface area contributed by atoms with Gasteiger partial charge in [-0.2, -0.15) is 5.26 Å². The minimum absolute atomic E-state index is 0.765. The Hall–Kier alpha value is -1.29. The lowest BCUT2D eigenvalue weighted by molar-refractivity contribution is 0.387. The molecule has 1 aromatic carbocycles. The molecule has 13 heavy (non-hydrogen) atoms. The van der Waals surface area contributed by atoms with Gasteiger partial charge in [0.1, 0.15) is 0 Å². The summed E-state index contributed by atoms with van der Waals surface area (Å²) in [6.45, 7) is 0. The van der Waals surface area contributed by atoms with Gasteiger partial charge in [-0.15, -0.1) is 0 Å². The van der Waals surface area contributed by atoms with Gasteiger partial charge in [0.15, 0.2) is 0 Å². The standard InChI is InChI=1S/C12H9N/c13-5-6-2-1-3-7-10(6)8-4-9-11(7)12(8)9/h1-3,8-9,11-12H,4H2. The maximum atomic E-state index is 8.99. The monoisotopic (exact) mass is 167 g/mol. The van der Waals surface area contributed by atoms with Gasteiger partial charge in [0.2, 0.25) is 0 Å². The molecule has 0 bridgehead atoms. The van der Waals surface area contributed by atoms with Gasteiger partial charge in [-0.3, -0.25) is 0 Å². The summed E-state index contributed by atoms with van der Waals surface area (Å²) in [6, 6.07) is 8.56. The molecule has 2 fully saturated rings. The third-order valence-corrected chi connectivity index (χ3v) is 4.21. The number of benzene rings is 1. The molecule has 0 aliphatic heterocycles. The molecule has 0 radical (unpaired) electrons. The van der Waals surface area contributed by atoms with Crippen molar-refractivity contribution in [3.05, 3.63) is 34.9 Å². The maximum absolute atomic E-state index is 8.99. The van der Waals surface area contributed by atoms with E-state index in [1.165, 1.54) is 17.5 Å². The van der Waals surface area contributed by atoms with Crippen LogP contribution >= 0.6 is 0 Å². The highest BCUT2D eigenvalue weighted by atomic mass is 14.7. The summed E-state index contributed by atoms with van der Waals surface area (Å²) in [6.07, 6.45) is 1.36. The third-order valence-electron chi connectivity index (χ3n) is 4.21. The summed E-state index contributed by atoms with van der Waals surface area (Å²) in [4.78, 5) is 0. The first-order valence-corrected chi connectivity index (χ1v) is 4.94. The molecule has 4 unspecified atom stereocenters. The largest absolute Gasteiger partial charge is 0.192 e. The Morgan fingerprint density at radius 1 is 1.38 bits per heavy atom. The van der Waals surface area contributed by atoms with E-state index in [2.05, 4.69) is 12.1 Å². The molecule has 0 aromatic heterocycles. The normalized spacial score (nSPS) is 41.5. The van der Waals surface area contributed by atoms with Gasteiger partial charge in [-0.1, -0.05) is 12.1 Å². The maximum Gasteiger partial charge on any atom is 0.0994 e. The predicted octanol–water partition coefficient (Wildman–Crippen LogP) is 2.39. The second-order valence-corrected chi connectivity index (χ2v) is 4.53. The fraction of sp³-hybridized carbons (Fsp3) is 0.417. The first-order valence-electron chi connectivity index (χ1n) is 4.94. The number of nitrogens with zero attached hydrogens (tertiary/aromatic N) is 1. The van der Waals surface area contributed by atoms with Gasteiger partial charge in [0.25, 0.3) is 0 Å². The second kappa shape index (κ2) is 1.65. The van der Waals surface area contributed by atoms with Crippen LogP contribution in [0.3, 0.4) is 0 Å². The van der Waals surface area contributed by atoms with Crippen LogP contribution in [0.25, 0.3) is 0 Å². The fourth-order valence-electron chi connectivity index (χ4n) is 3.64. The van der Waals surface area contributed by atoms with Gasteiger partial charge in [0, 0.05) is 0 Å². The van der Waals surface area contributed by atoms with E-state index < -0.39 is 0 Å². The van der Waals surface area contributed by atoms with E-state index >= 15 is 0 Å². The molecule has 1 nitrogen and oxygen atoms in total. The van der Waals surface area contributed by atoms with Gasteiger partial charge < -0.3 is 0 Å². The van der Waals surface area contributed by atoms with E-state index in [1.54, 1.807) is 0 Å². The zero-order valence-electron chi connectivity index (χ0n) is 7.20.